The van der Waals surface area contributed by atoms with E-state index in [0.29, 0.717) is 17.5 Å². The first-order chi connectivity index (χ1) is 12.7. The van der Waals surface area contributed by atoms with Crippen molar-refractivity contribution >= 4 is 23.3 Å². The SMILES string of the molecule is C[C@@H]1[C@H](C)CCC[C@@H]1NC(=O)COC(=O)c1cc([N+](=O)[O-])ccc1N(C)C. The molecular formula is C19H27N3O5. The summed E-state index contributed by atoms with van der Waals surface area (Å²) in [6.07, 6.45) is 3.14. The molecule has 1 saturated carbocycles. The fourth-order valence-electron chi connectivity index (χ4n) is 3.43. The third-order valence-corrected chi connectivity index (χ3v) is 5.28. The summed E-state index contributed by atoms with van der Waals surface area (Å²) in [6.45, 7) is 3.88. The minimum absolute atomic E-state index is 0.0571. The van der Waals surface area contributed by atoms with Crippen LogP contribution in [0.5, 0.6) is 0 Å². The van der Waals surface area contributed by atoms with Crippen molar-refractivity contribution in [3.8, 4) is 0 Å². The fraction of sp³-hybridized carbons (Fsp3) is 0.579. The maximum absolute atomic E-state index is 12.4. The Hall–Kier alpha value is -2.64. The minimum Gasteiger partial charge on any atom is -0.452 e. The summed E-state index contributed by atoms with van der Waals surface area (Å²) in [5.41, 5.74) is 0.337. The van der Waals surface area contributed by atoms with Gasteiger partial charge in [0.05, 0.1) is 16.2 Å². The lowest BCUT2D eigenvalue weighted by Gasteiger charge is -2.34. The highest BCUT2D eigenvalue weighted by Crippen LogP contribution is 2.29. The van der Waals surface area contributed by atoms with Gasteiger partial charge < -0.3 is 15.0 Å². The monoisotopic (exact) mass is 377 g/mol. The Kier molecular flexibility index (Phi) is 6.76. The highest BCUT2D eigenvalue weighted by atomic mass is 16.6. The van der Waals surface area contributed by atoms with Gasteiger partial charge in [-0.2, -0.15) is 0 Å². The number of nitrogens with zero attached hydrogens (tertiary/aromatic N) is 2. The number of anilines is 1. The van der Waals surface area contributed by atoms with Crippen molar-refractivity contribution in [2.75, 3.05) is 25.6 Å². The zero-order valence-corrected chi connectivity index (χ0v) is 16.2. The lowest BCUT2D eigenvalue weighted by Crippen LogP contribution is -2.45. The summed E-state index contributed by atoms with van der Waals surface area (Å²) in [5.74, 6) is -0.205. The van der Waals surface area contributed by atoms with Gasteiger partial charge in [-0.25, -0.2) is 4.79 Å². The number of non-ortho nitro benzene ring substituents is 1. The fourth-order valence-corrected chi connectivity index (χ4v) is 3.43. The van der Waals surface area contributed by atoms with Crippen LogP contribution in [0, 0.1) is 22.0 Å². The van der Waals surface area contributed by atoms with Gasteiger partial charge in [0, 0.05) is 32.3 Å². The van der Waals surface area contributed by atoms with Gasteiger partial charge in [-0.1, -0.05) is 26.7 Å². The smallest absolute Gasteiger partial charge is 0.341 e. The van der Waals surface area contributed by atoms with Gasteiger partial charge in [0.1, 0.15) is 0 Å². The molecule has 1 fully saturated rings. The van der Waals surface area contributed by atoms with Crippen LogP contribution in [0.15, 0.2) is 18.2 Å². The molecule has 0 radical (unpaired) electrons. The third kappa shape index (κ3) is 5.18. The highest BCUT2D eigenvalue weighted by Gasteiger charge is 2.28. The average molecular weight is 377 g/mol. The third-order valence-electron chi connectivity index (χ3n) is 5.28. The Morgan fingerprint density at radius 3 is 2.63 bits per heavy atom. The van der Waals surface area contributed by atoms with Crippen LogP contribution in [0.2, 0.25) is 0 Å². The zero-order valence-electron chi connectivity index (χ0n) is 16.2. The van der Waals surface area contributed by atoms with Crippen LogP contribution in [-0.2, 0) is 9.53 Å². The summed E-state index contributed by atoms with van der Waals surface area (Å²) in [6, 6.07) is 4.06. The molecule has 27 heavy (non-hydrogen) atoms. The molecule has 1 aromatic rings. The second-order valence-electron chi connectivity index (χ2n) is 7.37. The molecule has 1 aliphatic carbocycles. The topological polar surface area (TPSA) is 102 Å². The standard InChI is InChI=1S/C19H27N3O5/c1-12-6-5-7-16(13(12)2)20-18(23)11-27-19(24)15-10-14(22(25)26)8-9-17(15)21(3)4/h8-10,12-13,16H,5-7,11H2,1-4H3,(H,20,23)/t12-,13-,16+/m1/s1. The number of benzene rings is 1. The van der Waals surface area contributed by atoms with Gasteiger partial charge in [0.25, 0.3) is 11.6 Å². The molecule has 1 N–H and O–H groups in total. The maximum Gasteiger partial charge on any atom is 0.341 e. The van der Waals surface area contributed by atoms with E-state index in [1.54, 1.807) is 19.0 Å². The van der Waals surface area contributed by atoms with Crippen LogP contribution < -0.4 is 10.2 Å². The number of ether oxygens (including phenoxy) is 1. The molecule has 0 unspecified atom stereocenters. The normalized spacial score (nSPS) is 22.0. The van der Waals surface area contributed by atoms with Crippen molar-refractivity contribution in [2.24, 2.45) is 11.8 Å². The molecule has 1 amide bonds. The van der Waals surface area contributed by atoms with Gasteiger partial charge in [-0.15, -0.1) is 0 Å². The van der Waals surface area contributed by atoms with Crippen molar-refractivity contribution in [2.45, 2.75) is 39.2 Å². The van der Waals surface area contributed by atoms with Gasteiger partial charge in [0.15, 0.2) is 6.61 Å². The first kappa shape index (κ1) is 20.7. The van der Waals surface area contributed by atoms with E-state index in [-0.39, 0.29) is 23.2 Å². The predicted octanol–water partition coefficient (Wildman–Crippen LogP) is 2.76. The molecule has 148 valence electrons. The summed E-state index contributed by atoms with van der Waals surface area (Å²) in [4.78, 5) is 36.7. The number of hydrogen-bond acceptors (Lipinski definition) is 6. The second kappa shape index (κ2) is 8.83. The number of carbonyl (C=O) groups excluding carboxylic acids is 2. The first-order valence-electron chi connectivity index (χ1n) is 9.13. The summed E-state index contributed by atoms with van der Waals surface area (Å²) in [7, 11) is 3.44. The summed E-state index contributed by atoms with van der Waals surface area (Å²) >= 11 is 0. The van der Waals surface area contributed by atoms with Crippen LogP contribution in [0.3, 0.4) is 0 Å². The molecule has 0 spiro atoms. The van der Waals surface area contributed by atoms with Gasteiger partial charge >= 0.3 is 5.97 Å². The van der Waals surface area contributed by atoms with E-state index in [1.165, 1.54) is 18.2 Å². The largest absolute Gasteiger partial charge is 0.452 e. The van der Waals surface area contributed by atoms with Gasteiger partial charge in [-0.05, 0) is 24.3 Å². The quantitative estimate of drug-likeness (QED) is 0.465. The molecule has 0 bridgehead atoms. The highest BCUT2D eigenvalue weighted by molar-refractivity contribution is 5.97. The average Bonchev–Trinajstić information content (AvgIpc) is 2.62. The van der Waals surface area contributed by atoms with E-state index in [1.807, 2.05) is 0 Å². The number of amides is 1. The zero-order chi connectivity index (χ0) is 20.1. The predicted molar refractivity (Wildman–Crippen MR) is 102 cm³/mol. The second-order valence-corrected chi connectivity index (χ2v) is 7.37. The van der Waals surface area contributed by atoms with E-state index < -0.39 is 17.5 Å². The Labute approximate surface area is 159 Å². The van der Waals surface area contributed by atoms with Gasteiger partial charge in [0.2, 0.25) is 0 Å². The Morgan fingerprint density at radius 2 is 2.00 bits per heavy atom. The van der Waals surface area contributed by atoms with Crippen molar-refractivity contribution in [3.63, 3.8) is 0 Å². The number of esters is 1. The Bertz CT molecular complexity index is 719. The molecule has 1 aliphatic rings. The minimum atomic E-state index is -0.761. The first-order valence-corrected chi connectivity index (χ1v) is 9.13. The molecule has 8 nitrogen and oxygen atoms in total. The summed E-state index contributed by atoms with van der Waals surface area (Å²) < 4.78 is 5.12. The molecule has 0 heterocycles. The van der Waals surface area contributed by atoms with Crippen LogP contribution >= 0.6 is 0 Å². The van der Waals surface area contributed by atoms with Gasteiger partial charge in [-0.3, -0.25) is 14.9 Å². The number of carbonyl (C=O) groups is 2. The Balaban J connectivity index is 2.01. The van der Waals surface area contributed by atoms with Crippen LogP contribution in [0.25, 0.3) is 0 Å². The molecule has 3 atom stereocenters. The number of rotatable bonds is 6. The molecule has 0 saturated heterocycles. The Morgan fingerprint density at radius 1 is 1.30 bits per heavy atom. The van der Waals surface area contributed by atoms with Crippen molar-refractivity contribution in [1.82, 2.24) is 5.32 Å². The van der Waals surface area contributed by atoms with E-state index in [4.69, 9.17) is 4.74 Å². The molecule has 0 aliphatic heterocycles. The molecule has 1 aromatic carbocycles. The molecular weight excluding hydrogens is 350 g/mol. The lowest BCUT2D eigenvalue weighted by molar-refractivity contribution is -0.384. The van der Waals surface area contributed by atoms with E-state index >= 15 is 0 Å². The van der Waals surface area contributed by atoms with Crippen molar-refractivity contribution in [3.05, 3.63) is 33.9 Å². The van der Waals surface area contributed by atoms with Crippen molar-refractivity contribution in [1.29, 1.82) is 0 Å². The number of nitro benzene ring substituents is 1. The van der Waals surface area contributed by atoms with E-state index in [0.717, 1.165) is 19.3 Å². The van der Waals surface area contributed by atoms with E-state index in [9.17, 15) is 19.7 Å². The molecule has 0 aromatic heterocycles. The lowest BCUT2D eigenvalue weighted by atomic mass is 9.78. The maximum atomic E-state index is 12.4. The molecule has 2 rings (SSSR count). The molecule has 8 heteroatoms. The number of nitro groups is 1. The van der Waals surface area contributed by atoms with Crippen LogP contribution in [0.4, 0.5) is 11.4 Å². The van der Waals surface area contributed by atoms with Crippen molar-refractivity contribution < 1.29 is 19.2 Å². The van der Waals surface area contributed by atoms with E-state index in [2.05, 4.69) is 19.2 Å². The number of nitrogens with one attached hydrogen (secondary N) is 1. The number of hydrogen-bond donors (Lipinski definition) is 1. The summed E-state index contributed by atoms with van der Waals surface area (Å²) in [5, 5.41) is 13.9. The van der Waals surface area contributed by atoms with Crippen LogP contribution in [0.1, 0.15) is 43.5 Å². The van der Waals surface area contributed by atoms with Crippen LogP contribution in [-0.4, -0.2) is 43.5 Å².